The summed E-state index contributed by atoms with van der Waals surface area (Å²) in [5.74, 6) is 3.66. The third-order valence-corrected chi connectivity index (χ3v) is 6.54. The lowest BCUT2D eigenvalue weighted by Gasteiger charge is -2.31. The zero-order chi connectivity index (χ0) is 29.4. The second-order valence-corrected chi connectivity index (χ2v) is 9.67. The molecule has 0 bridgehead atoms. The van der Waals surface area contributed by atoms with Crippen molar-refractivity contribution in [2.24, 2.45) is 5.10 Å². The zero-order valence-corrected chi connectivity index (χ0v) is 23.5. The van der Waals surface area contributed by atoms with E-state index in [0.29, 0.717) is 36.5 Å². The van der Waals surface area contributed by atoms with Gasteiger partial charge in [-0.2, -0.15) is 18.3 Å². The lowest BCUT2D eigenvalue weighted by molar-refractivity contribution is -0.138. The van der Waals surface area contributed by atoms with E-state index in [4.69, 9.17) is 4.74 Å². The van der Waals surface area contributed by atoms with E-state index < -0.39 is 29.5 Å². The number of aromatic nitrogens is 1. The van der Waals surface area contributed by atoms with E-state index in [0.717, 1.165) is 12.0 Å². The van der Waals surface area contributed by atoms with Crippen LogP contribution in [0.4, 0.5) is 23.2 Å². The van der Waals surface area contributed by atoms with Crippen LogP contribution in [0.25, 0.3) is 0 Å². The lowest BCUT2D eigenvalue weighted by atomic mass is 9.81. The van der Waals surface area contributed by atoms with Crippen molar-refractivity contribution in [3.8, 4) is 17.7 Å². The number of likely N-dealkylation sites (N-methyl/N-ethyl adjacent to an activating group) is 1. The number of alkyl halides is 3. The van der Waals surface area contributed by atoms with Gasteiger partial charge in [-0.1, -0.05) is 45.6 Å². The maximum Gasteiger partial charge on any atom is 0.417 e. The standard InChI is InChI=1S/C29H36F4N4O2/c1-8-11-12-15-35-36(7)25-14-13-21(28(5,6)9-2)16-23(25)27(38)37(10-3)20(4)19-39-26-24(30)17-22(18-34-26)29(31,32)33/h13-18,20H,8-10,19H2,1-7H3/b35-15-. The number of halogens is 4. The highest BCUT2D eigenvalue weighted by Gasteiger charge is 2.32. The molecule has 2 aromatic rings. The highest BCUT2D eigenvalue weighted by Crippen LogP contribution is 2.33. The van der Waals surface area contributed by atoms with Gasteiger partial charge >= 0.3 is 6.18 Å². The fourth-order valence-electron chi connectivity index (χ4n) is 3.73. The van der Waals surface area contributed by atoms with Gasteiger partial charge in [0.2, 0.25) is 5.88 Å². The van der Waals surface area contributed by atoms with Crippen LogP contribution in [0.1, 0.15) is 75.9 Å². The van der Waals surface area contributed by atoms with Crippen molar-refractivity contribution in [3.63, 3.8) is 0 Å². The highest BCUT2D eigenvalue weighted by atomic mass is 19.4. The van der Waals surface area contributed by atoms with Crippen LogP contribution in [0, 0.1) is 17.7 Å². The molecule has 1 aromatic heterocycles. The van der Waals surface area contributed by atoms with Crippen LogP contribution in [0.5, 0.6) is 5.88 Å². The van der Waals surface area contributed by atoms with E-state index in [9.17, 15) is 22.4 Å². The van der Waals surface area contributed by atoms with Crippen molar-refractivity contribution in [1.29, 1.82) is 0 Å². The van der Waals surface area contributed by atoms with Gasteiger partial charge in [0.25, 0.3) is 5.91 Å². The Labute approximate surface area is 228 Å². The summed E-state index contributed by atoms with van der Waals surface area (Å²) in [4.78, 5) is 18.9. The van der Waals surface area contributed by atoms with E-state index >= 15 is 0 Å². The first-order valence-electron chi connectivity index (χ1n) is 12.8. The molecule has 0 fully saturated rings. The molecule has 0 spiro atoms. The third kappa shape index (κ3) is 8.19. The minimum atomic E-state index is -4.72. The second kappa shape index (κ2) is 13.5. The van der Waals surface area contributed by atoms with Gasteiger partial charge in [-0.15, -0.1) is 0 Å². The van der Waals surface area contributed by atoms with Gasteiger partial charge in [-0.3, -0.25) is 9.80 Å². The van der Waals surface area contributed by atoms with Gasteiger partial charge in [-0.25, -0.2) is 9.37 Å². The minimum absolute atomic E-state index is 0.176. The van der Waals surface area contributed by atoms with Crippen molar-refractivity contribution in [2.45, 2.75) is 72.0 Å². The van der Waals surface area contributed by atoms with Gasteiger partial charge in [0.05, 0.1) is 29.1 Å². The van der Waals surface area contributed by atoms with Crippen LogP contribution in [0.15, 0.2) is 35.6 Å². The van der Waals surface area contributed by atoms with Gasteiger partial charge in [0, 0.05) is 26.2 Å². The van der Waals surface area contributed by atoms with Crippen molar-refractivity contribution in [1.82, 2.24) is 9.88 Å². The van der Waals surface area contributed by atoms with E-state index in [1.165, 1.54) is 6.21 Å². The number of hydrogen-bond donors (Lipinski definition) is 0. The molecule has 0 aliphatic carbocycles. The Morgan fingerprint density at radius 2 is 1.87 bits per heavy atom. The number of pyridine rings is 1. The summed E-state index contributed by atoms with van der Waals surface area (Å²) in [6.07, 6.45) is -1.18. The molecular formula is C29H36F4N4O2. The molecule has 212 valence electrons. The Morgan fingerprint density at radius 1 is 1.18 bits per heavy atom. The molecule has 0 radical (unpaired) electrons. The highest BCUT2D eigenvalue weighted by molar-refractivity contribution is 6.00. The lowest BCUT2D eigenvalue weighted by Crippen LogP contribution is -2.42. The SMILES string of the molecule is CCC#C/C=N\N(C)c1ccc(C(C)(C)CC)cc1C(=O)N(CC)C(C)COc1ncc(C(F)(F)F)cc1F. The number of rotatable bonds is 10. The van der Waals surface area contributed by atoms with Crippen molar-refractivity contribution < 1.29 is 27.1 Å². The first-order valence-corrected chi connectivity index (χ1v) is 12.8. The summed E-state index contributed by atoms with van der Waals surface area (Å²) in [6.45, 7) is 11.8. The summed E-state index contributed by atoms with van der Waals surface area (Å²) in [7, 11) is 1.72. The molecule has 10 heteroatoms. The molecule has 0 N–H and O–H groups in total. The number of hydrazone groups is 1. The maximum absolute atomic E-state index is 14.2. The van der Waals surface area contributed by atoms with Crippen molar-refractivity contribution in [3.05, 3.63) is 53.0 Å². The van der Waals surface area contributed by atoms with E-state index in [-0.39, 0.29) is 17.9 Å². The van der Waals surface area contributed by atoms with Crippen LogP contribution < -0.4 is 9.75 Å². The topological polar surface area (TPSA) is 58.0 Å². The van der Waals surface area contributed by atoms with Crippen LogP contribution in [-0.4, -0.2) is 48.2 Å². The van der Waals surface area contributed by atoms with Crippen LogP contribution >= 0.6 is 0 Å². The summed E-state index contributed by atoms with van der Waals surface area (Å²) in [6, 6.07) is 5.47. The first kappa shape index (κ1) is 31.6. The molecule has 1 amide bonds. The van der Waals surface area contributed by atoms with Gasteiger partial charge in [0.1, 0.15) is 6.61 Å². The number of ether oxygens (including phenoxy) is 1. The summed E-state index contributed by atoms with van der Waals surface area (Å²) < 4.78 is 58.1. The Hall–Kier alpha value is -3.61. The van der Waals surface area contributed by atoms with Gasteiger partial charge in [0.15, 0.2) is 5.82 Å². The van der Waals surface area contributed by atoms with Crippen molar-refractivity contribution in [2.75, 3.05) is 25.2 Å². The average Bonchev–Trinajstić information content (AvgIpc) is 2.89. The quantitative estimate of drug-likeness (QED) is 0.144. The number of anilines is 1. The molecule has 1 aromatic carbocycles. The molecule has 1 unspecified atom stereocenters. The molecule has 2 rings (SSSR count). The maximum atomic E-state index is 14.2. The number of carbonyl (C=O) groups is 1. The second-order valence-electron chi connectivity index (χ2n) is 9.67. The van der Waals surface area contributed by atoms with E-state index in [1.54, 1.807) is 30.8 Å². The molecule has 6 nitrogen and oxygen atoms in total. The largest absolute Gasteiger partial charge is 0.473 e. The number of nitrogens with zero attached hydrogens (tertiary/aromatic N) is 4. The number of carbonyl (C=O) groups excluding carboxylic acids is 1. The fourth-order valence-corrected chi connectivity index (χ4v) is 3.73. The van der Waals surface area contributed by atoms with Gasteiger partial charge in [-0.05, 0) is 49.4 Å². The van der Waals surface area contributed by atoms with E-state index in [2.05, 4.69) is 42.7 Å². The molecule has 1 heterocycles. The summed E-state index contributed by atoms with van der Waals surface area (Å²) >= 11 is 0. The predicted octanol–water partition coefficient (Wildman–Crippen LogP) is 6.69. The Bertz CT molecular complexity index is 1230. The Morgan fingerprint density at radius 3 is 2.44 bits per heavy atom. The normalized spacial score (nSPS) is 12.6. The van der Waals surface area contributed by atoms with Crippen LogP contribution in [-0.2, 0) is 11.6 Å². The number of amides is 1. The molecular weight excluding hydrogens is 512 g/mol. The Kier molecular flexibility index (Phi) is 10.9. The number of benzene rings is 1. The Balaban J connectivity index is 2.37. The predicted molar refractivity (Wildman–Crippen MR) is 146 cm³/mol. The third-order valence-electron chi connectivity index (χ3n) is 6.54. The monoisotopic (exact) mass is 548 g/mol. The average molecular weight is 549 g/mol. The molecule has 1 atom stereocenters. The summed E-state index contributed by atoms with van der Waals surface area (Å²) in [5.41, 5.74) is 0.591. The molecule has 0 aliphatic rings. The zero-order valence-electron chi connectivity index (χ0n) is 23.5. The van der Waals surface area contributed by atoms with Crippen LogP contribution in [0.2, 0.25) is 0 Å². The molecule has 39 heavy (non-hydrogen) atoms. The molecule has 0 saturated carbocycles. The molecule has 0 saturated heterocycles. The minimum Gasteiger partial charge on any atom is -0.473 e. The van der Waals surface area contributed by atoms with Crippen molar-refractivity contribution >= 4 is 17.8 Å². The summed E-state index contributed by atoms with van der Waals surface area (Å²) in [5, 5.41) is 5.92. The molecule has 0 aliphatic heterocycles. The first-order chi connectivity index (χ1) is 18.3. The van der Waals surface area contributed by atoms with Crippen LogP contribution in [0.3, 0.4) is 0 Å². The smallest absolute Gasteiger partial charge is 0.417 e. The fraction of sp³-hybridized carbons (Fsp3) is 0.483. The van der Waals surface area contributed by atoms with Gasteiger partial charge < -0.3 is 9.64 Å². The van der Waals surface area contributed by atoms with E-state index in [1.807, 2.05) is 25.1 Å². The number of hydrogen-bond acceptors (Lipinski definition) is 5.